The highest BCUT2D eigenvalue weighted by atomic mass is 19.1. The van der Waals surface area contributed by atoms with Crippen LogP contribution in [0.15, 0.2) is 65.9 Å². The van der Waals surface area contributed by atoms with Gasteiger partial charge in [0.15, 0.2) is 0 Å². The SMILES string of the molecule is CC(C)(C)C1=CCCC(NC(=O)c2ccc(N3CCN(c4ccc(C(=O)O)cc4)CC3)cc2F)=C1. The maximum Gasteiger partial charge on any atom is 0.335 e. The summed E-state index contributed by atoms with van der Waals surface area (Å²) in [5, 5.41) is 12.0. The molecule has 0 atom stereocenters. The van der Waals surface area contributed by atoms with Crippen molar-refractivity contribution < 1.29 is 19.1 Å². The fourth-order valence-corrected chi connectivity index (χ4v) is 4.46. The van der Waals surface area contributed by atoms with Crippen molar-refractivity contribution in [2.75, 3.05) is 36.0 Å². The second-order valence-corrected chi connectivity index (χ2v) is 10.1. The van der Waals surface area contributed by atoms with Gasteiger partial charge in [0, 0.05) is 43.3 Å². The Bertz CT molecular complexity index is 1170. The molecule has 1 amide bonds. The molecule has 0 aromatic heterocycles. The summed E-state index contributed by atoms with van der Waals surface area (Å²) >= 11 is 0. The van der Waals surface area contributed by atoms with Crippen LogP contribution in [0, 0.1) is 11.2 Å². The lowest BCUT2D eigenvalue weighted by molar-refractivity contribution is 0.0696. The van der Waals surface area contributed by atoms with Gasteiger partial charge in [-0.3, -0.25) is 4.79 Å². The summed E-state index contributed by atoms with van der Waals surface area (Å²) in [7, 11) is 0. The Kier molecular flexibility index (Phi) is 6.96. The van der Waals surface area contributed by atoms with E-state index in [2.05, 4.69) is 42.0 Å². The highest BCUT2D eigenvalue weighted by Crippen LogP contribution is 2.31. The van der Waals surface area contributed by atoms with E-state index < -0.39 is 17.7 Å². The number of carboxylic acid groups (broad SMARTS) is 1. The van der Waals surface area contributed by atoms with Crippen LogP contribution in [0.5, 0.6) is 0 Å². The topological polar surface area (TPSA) is 72.9 Å². The molecule has 184 valence electrons. The van der Waals surface area contributed by atoms with Crippen LogP contribution < -0.4 is 15.1 Å². The maximum atomic E-state index is 14.9. The molecule has 6 nitrogen and oxygen atoms in total. The van der Waals surface area contributed by atoms with E-state index in [1.165, 1.54) is 11.6 Å². The number of hydrogen-bond acceptors (Lipinski definition) is 4. The van der Waals surface area contributed by atoms with Crippen molar-refractivity contribution in [3.8, 4) is 0 Å². The average molecular weight is 478 g/mol. The van der Waals surface area contributed by atoms with Gasteiger partial charge in [0.25, 0.3) is 5.91 Å². The Morgan fingerprint density at radius 3 is 2.11 bits per heavy atom. The number of hydrogen-bond donors (Lipinski definition) is 2. The van der Waals surface area contributed by atoms with Crippen molar-refractivity contribution in [3.63, 3.8) is 0 Å². The third kappa shape index (κ3) is 5.73. The molecule has 0 bridgehead atoms. The first kappa shape index (κ1) is 24.5. The molecule has 4 rings (SSSR count). The molecule has 1 aliphatic carbocycles. The Morgan fingerprint density at radius 1 is 0.943 bits per heavy atom. The second-order valence-electron chi connectivity index (χ2n) is 10.1. The van der Waals surface area contributed by atoms with Crippen molar-refractivity contribution in [3.05, 3.63) is 82.8 Å². The molecule has 35 heavy (non-hydrogen) atoms. The zero-order valence-electron chi connectivity index (χ0n) is 20.5. The molecule has 2 aromatic carbocycles. The Labute approximate surface area is 205 Å². The fraction of sp³-hybridized carbons (Fsp3) is 0.357. The van der Waals surface area contributed by atoms with Crippen molar-refractivity contribution >= 4 is 23.3 Å². The third-order valence-corrected chi connectivity index (χ3v) is 6.57. The van der Waals surface area contributed by atoms with Crippen molar-refractivity contribution in [1.82, 2.24) is 5.32 Å². The number of nitrogens with zero attached hydrogens (tertiary/aromatic N) is 2. The average Bonchev–Trinajstić information content (AvgIpc) is 2.83. The standard InChI is InChI=1S/C28H32FN3O3/c1-28(2,3)20-5-4-6-21(17-20)30-26(33)24-12-11-23(18-25(24)29)32-15-13-31(14-16-32)22-9-7-19(8-10-22)27(34)35/h5,7-12,17-18H,4,6,13-16H2,1-3H3,(H,30,33)(H,34,35). The van der Waals surface area contributed by atoms with Gasteiger partial charge in [0.05, 0.1) is 11.1 Å². The van der Waals surface area contributed by atoms with Crippen LogP contribution in [-0.4, -0.2) is 43.2 Å². The van der Waals surface area contributed by atoms with Gasteiger partial charge in [-0.25, -0.2) is 9.18 Å². The van der Waals surface area contributed by atoms with E-state index in [-0.39, 0.29) is 16.5 Å². The summed E-state index contributed by atoms with van der Waals surface area (Å²) in [4.78, 5) is 28.1. The molecule has 2 N–H and O–H groups in total. The Hall–Kier alpha value is -3.61. The first-order valence-electron chi connectivity index (χ1n) is 12.0. The number of carbonyl (C=O) groups excluding carboxylic acids is 1. The second kappa shape index (κ2) is 9.94. The van der Waals surface area contributed by atoms with Crippen LogP contribution in [0.3, 0.4) is 0 Å². The minimum atomic E-state index is -0.942. The number of halogens is 1. The third-order valence-electron chi connectivity index (χ3n) is 6.57. The maximum absolute atomic E-state index is 14.9. The molecule has 1 saturated heterocycles. The van der Waals surface area contributed by atoms with Gasteiger partial charge in [-0.2, -0.15) is 0 Å². The molecule has 1 heterocycles. The molecule has 7 heteroatoms. The lowest BCUT2D eigenvalue weighted by Crippen LogP contribution is -2.46. The molecule has 2 aliphatic rings. The molecule has 2 aromatic rings. The first-order chi connectivity index (χ1) is 16.6. The first-order valence-corrected chi connectivity index (χ1v) is 12.0. The zero-order valence-corrected chi connectivity index (χ0v) is 20.5. The molecule has 1 fully saturated rings. The summed E-state index contributed by atoms with van der Waals surface area (Å²) in [5.74, 6) is -1.90. The molecule has 0 radical (unpaired) electrons. The number of benzene rings is 2. The van der Waals surface area contributed by atoms with Crippen LogP contribution in [0.4, 0.5) is 15.8 Å². The predicted octanol–water partition coefficient (Wildman–Crippen LogP) is 5.23. The van der Waals surface area contributed by atoms with Crippen LogP contribution in [-0.2, 0) is 0 Å². The van der Waals surface area contributed by atoms with Crippen molar-refractivity contribution in [1.29, 1.82) is 0 Å². The number of allylic oxidation sites excluding steroid dienone is 4. The highest BCUT2D eigenvalue weighted by molar-refractivity contribution is 5.96. The van der Waals surface area contributed by atoms with Crippen LogP contribution >= 0.6 is 0 Å². The van der Waals surface area contributed by atoms with Gasteiger partial charge >= 0.3 is 5.97 Å². The van der Waals surface area contributed by atoms with Gasteiger partial charge in [-0.15, -0.1) is 0 Å². The van der Waals surface area contributed by atoms with E-state index in [0.717, 1.165) is 43.0 Å². The summed E-state index contributed by atoms with van der Waals surface area (Å²) < 4.78 is 14.9. The smallest absolute Gasteiger partial charge is 0.335 e. The van der Waals surface area contributed by atoms with Crippen molar-refractivity contribution in [2.45, 2.75) is 33.6 Å². The normalized spacial score (nSPS) is 16.5. The minimum Gasteiger partial charge on any atom is -0.478 e. The number of nitrogens with one attached hydrogen (secondary N) is 1. The fourth-order valence-electron chi connectivity index (χ4n) is 4.46. The van der Waals surface area contributed by atoms with Crippen LogP contribution in [0.2, 0.25) is 0 Å². The van der Waals surface area contributed by atoms with E-state index in [9.17, 15) is 14.0 Å². The quantitative estimate of drug-likeness (QED) is 0.617. The summed E-state index contributed by atoms with van der Waals surface area (Å²) in [6.07, 6.45) is 5.78. The molecule has 1 aliphatic heterocycles. The highest BCUT2D eigenvalue weighted by Gasteiger charge is 2.22. The molecular weight excluding hydrogens is 445 g/mol. The number of carboxylic acids is 1. The van der Waals surface area contributed by atoms with Crippen molar-refractivity contribution in [2.24, 2.45) is 5.41 Å². The molecule has 0 saturated carbocycles. The lowest BCUT2D eigenvalue weighted by atomic mass is 9.83. The monoisotopic (exact) mass is 477 g/mol. The number of carbonyl (C=O) groups is 2. The van der Waals surface area contributed by atoms with E-state index >= 15 is 0 Å². The number of amides is 1. The Morgan fingerprint density at radius 2 is 1.54 bits per heavy atom. The van der Waals surface area contributed by atoms with Crippen LogP contribution in [0.1, 0.15) is 54.3 Å². The summed E-state index contributed by atoms with van der Waals surface area (Å²) in [6, 6.07) is 11.6. The van der Waals surface area contributed by atoms with E-state index in [0.29, 0.717) is 13.1 Å². The molecule has 0 spiro atoms. The van der Waals surface area contributed by atoms with Crippen LogP contribution in [0.25, 0.3) is 0 Å². The largest absolute Gasteiger partial charge is 0.478 e. The summed E-state index contributed by atoms with van der Waals surface area (Å²) in [5.41, 5.74) is 4.00. The molecule has 0 unspecified atom stereocenters. The molecular formula is C28H32FN3O3. The van der Waals surface area contributed by atoms with E-state index in [1.54, 1.807) is 24.3 Å². The van der Waals surface area contributed by atoms with Gasteiger partial charge in [0.1, 0.15) is 5.82 Å². The van der Waals surface area contributed by atoms with E-state index in [4.69, 9.17) is 5.11 Å². The lowest BCUT2D eigenvalue weighted by Gasteiger charge is -2.37. The Balaban J connectivity index is 1.38. The number of aromatic carboxylic acids is 1. The summed E-state index contributed by atoms with van der Waals surface area (Å²) in [6.45, 7) is 9.25. The van der Waals surface area contributed by atoms with E-state index in [1.807, 2.05) is 18.2 Å². The van der Waals surface area contributed by atoms with Gasteiger partial charge in [0.2, 0.25) is 0 Å². The van der Waals surface area contributed by atoms with Gasteiger partial charge in [-0.05, 0) is 72.4 Å². The van der Waals surface area contributed by atoms with Gasteiger partial charge in [-0.1, -0.05) is 26.8 Å². The number of rotatable bonds is 5. The minimum absolute atomic E-state index is 0.00472. The number of anilines is 2. The number of piperazine rings is 1. The van der Waals surface area contributed by atoms with Gasteiger partial charge < -0.3 is 20.2 Å². The predicted molar refractivity (Wildman–Crippen MR) is 137 cm³/mol. The zero-order chi connectivity index (χ0) is 25.2.